The number of aromatic amines is 2. The number of hydrogen-bond acceptors (Lipinski definition) is 11. The minimum Gasteiger partial charge on any atom is -0.396 e. The van der Waals surface area contributed by atoms with E-state index in [0.717, 1.165) is 44.6 Å². The van der Waals surface area contributed by atoms with Gasteiger partial charge in [0.05, 0.1) is 44.8 Å². The van der Waals surface area contributed by atoms with Crippen molar-refractivity contribution >= 4 is 42.7 Å². The Labute approximate surface area is 444 Å². The van der Waals surface area contributed by atoms with Crippen LogP contribution >= 0.6 is 20.3 Å². The van der Waals surface area contributed by atoms with Crippen LogP contribution in [-0.4, -0.2) is 84.0 Å². The third-order valence-corrected chi connectivity index (χ3v) is 10.9. The van der Waals surface area contributed by atoms with Gasteiger partial charge in [0.25, 0.3) is 0 Å². The summed E-state index contributed by atoms with van der Waals surface area (Å²) in [7, 11) is 0. The standard InChI is InChI=1S/C25H25N7O2.C23H20N4O.C2H5N3O.3CH4.Cu.HI/c1-16(2)19-5-3-4-6-20(19)23-26-13-21-24(28-23)32(25(34)27-21)14-17-7-9-18(10-8-17)22-15-31(11-12-33)30-29-22;1-4-16-9-11-17(12-10-16)14-27-22-20(25-23(27)28)13-24-21(26-22)19-8-6-5-7-18(19)15(2)3;3-5-4-1-2-6;;;;;/h3-10,13,15-16,33H,11-12,14H2,1-2H3,(H,27,34);1,5-13,15H,14H2,2-3H3,(H,25,28);6H,1-2H2;3*1H4;;1H/q;;;;;;+1;/p-1. The summed E-state index contributed by atoms with van der Waals surface area (Å²) in [5.74, 6) is 4.49. The maximum absolute atomic E-state index is 12.7. The summed E-state index contributed by atoms with van der Waals surface area (Å²) in [4.78, 5) is 51.8. The average molecular weight is 1150 g/mol. The molecule has 0 aliphatic heterocycles. The van der Waals surface area contributed by atoms with Crippen molar-refractivity contribution in [2.45, 2.75) is 81.4 Å². The van der Waals surface area contributed by atoms with E-state index < -0.39 is 0 Å². The van der Waals surface area contributed by atoms with E-state index in [1.165, 1.54) is 5.56 Å². The molecular formula is C53H62CuIN14O4. The Morgan fingerprint density at radius 3 is 1.60 bits per heavy atom. The van der Waals surface area contributed by atoms with Gasteiger partial charge in [-0.05, 0) is 51.8 Å². The number of benzene rings is 4. The molecule has 0 radical (unpaired) electrons. The molecule has 5 aromatic heterocycles. The summed E-state index contributed by atoms with van der Waals surface area (Å²) in [6.07, 6.45) is 10.6. The molecule has 0 unspecified atom stereocenters. The summed E-state index contributed by atoms with van der Waals surface area (Å²) in [6, 6.07) is 31.6. The number of aliphatic hydroxyl groups is 2. The van der Waals surface area contributed by atoms with Crippen LogP contribution < -0.4 is 11.4 Å². The van der Waals surface area contributed by atoms with Gasteiger partial charge in [-0.15, -0.1) is 11.5 Å². The Balaban J connectivity index is 0.000000328. The molecular weight excluding hydrogens is 1090 g/mol. The third-order valence-electron chi connectivity index (χ3n) is 10.9. The van der Waals surface area contributed by atoms with Gasteiger partial charge in [-0.2, -0.15) is 0 Å². The third kappa shape index (κ3) is 15.1. The van der Waals surface area contributed by atoms with Crippen LogP contribution in [0.3, 0.4) is 0 Å². The van der Waals surface area contributed by atoms with Crippen molar-refractivity contribution in [3.63, 3.8) is 0 Å². The van der Waals surface area contributed by atoms with Gasteiger partial charge in [0.2, 0.25) is 0 Å². The van der Waals surface area contributed by atoms with Crippen molar-refractivity contribution < 1.29 is 23.0 Å². The number of aromatic nitrogens is 11. The maximum atomic E-state index is 12.7. The molecule has 0 aliphatic rings. The maximum Gasteiger partial charge on any atom is 0.0490 e. The quantitative estimate of drug-likeness (QED) is 0.0212. The van der Waals surface area contributed by atoms with Crippen LogP contribution in [0.2, 0.25) is 0 Å². The predicted octanol–water partition coefficient (Wildman–Crippen LogP) is 10.2. The zero-order chi connectivity index (χ0) is 50.2. The SMILES string of the molecule is C.C.C.C#Cc1ccc(Cn2c(=O)[nH]c3cnc(-c4ccccc4C(C)C)nc32)cc1.CC(C)c1ccccc1-c1ncc2[nH]c(=O)n(Cc3ccc(-c4cn(CCO)nn4)cc3)c2n1.[Cu][I].[N-]=[N+]=NCCO. The topological polar surface area (TPSA) is 247 Å². The number of halogens is 1. The summed E-state index contributed by atoms with van der Waals surface area (Å²) in [5.41, 5.74) is 18.2. The Morgan fingerprint density at radius 1 is 0.726 bits per heavy atom. The van der Waals surface area contributed by atoms with E-state index in [1.807, 2.05) is 84.9 Å². The second kappa shape index (κ2) is 29.3. The first-order chi connectivity index (χ1) is 34.0. The molecule has 9 aromatic rings. The number of azide groups is 1. The summed E-state index contributed by atoms with van der Waals surface area (Å²) in [6.45, 7) is 9.87. The molecule has 18 nitrogen and oxygen atoms in total. The van der Waals surface area contributed by atoms with Crippen molar-refractivity contribution in [2.75, 3.05) is 19.8 Å². The van der Waals surface area contributed by atoms with E-state index in [9.17, 15) is 9.59 Å². The van der Waals surface area contributed by atoms with Crippen LogP contribution in [0.15, 0.2) is 130 Å². The van der Waals surface area contributed by atoms with Crippen LogP contribution in [0.4, 0.5) is 0 Å². The van der Waals surface area contributed by atoms with Crippen LogP contribution in [0.1, 0.15) is 89.6 Å². The van der Waals surface area contributed by atoms with Gasteiger partial charge in [0.1, 0.15) is 16.7 Å². The number of nitrogens with one attached hydrogen (secondary N) is 2. The van der Waals surface area contributed by atoms with E-state index in [4.69, 9.17) is 32.1 Å². The first kappa shape index (κ1) is 60.1. The smallest absolute Gasteiger partial charge is 0.0490 e. The molecule has 9 rings (SSSR count). The second-order valence-corrected chi connectivity index (χ2v) is 16.2. The molecule has 0 fully saturated rings. The number of terminal acetylenes is 1. The number of aliphatic hydroxyl groups excluding tert-OH is 2. The first-order valence-electron chi connectivity index (χ1n) is 22.0. The van der Waals surface area contributed by atoms with Crippen LogP contribution in [0.25, 0.3) is 66.8 Å². The molecule has 0 amide bonds. The molecule has 5 heterocycles. The van der Waals surface area contributed by atoms with Crippen molar-refractivity contribution in [3.05, 3.63) is 175 Å². The number of fused-ring (bicyclic) bond motifs is 2. The van der Waals surface area contributed by atoms with Gasteiger partial charge >= 0.3 is 44.5 Å². The fourth-order valence-corrected chi connectivity index (χ4v) is 7.44. The first-order valence-corrected chi connectivity index (χ1v) is 25.0. The van der Waals surface area contributed by atoms with Crippen molar-refractivity contribution in [1.29, 1.82) is 0 Å². The van der Waals surface area contributed by atoms with E-state index in [1.54, 1.807) is 52.8 Å². The normalized spacial score (nSPS) is 10.3. The van der Waals surface area contributed by atoms with Gasteiger partial charge < -0.3 is 20.2 Å². The van der Waals surface area contributed by atoms with Gasteiger partial charge in [-0.1, -0.05) is 151 Å². The van der Waals surface area contributed by atoms with Crippen molar-refractivity contribution in [1.82, 2.24) is 54.0 Å². The minimum absolute atomic E-state index is 0. The second-order valence-electron chi connectivity index (χ2n) is 16.2. The number of imidazole rings is 2. The Bertz CT molecular complexity index is 3370. The Kier molecular flexibility index (Phi) is 24.1. The molecule has 73 heavy (non-hydrogen) atoms. The predicted molar refractivity (Wildman–Crippen MR) is 296 cm³/mol. The van der Waals surface area contributed by atoms with Gasteiger partial charge in [0.15, 0.2) is 22.9 Å². The molecule has 0 saturated heterocycles. The van der Waals surface area contributed by atoms with E-state index in [0.29, 0.717) is 65.4 Å². The Morgan fingerprint density at radius 2 is 1.19 bits per heavy atom. The molecule has 0 saturated carbocycles. The number of H-pyrrole nitrogens is 2. The van der Waals surface area contributed by atoms with Crippen molar-refractivity contribution in [2.24, 2.45) is 5.11 Å². The molecule has 20 heteroatoms. The molecule has 0 spiro atoms. The van der Waals surface area contributed by atoms with E-state index in [2.05, 4.69) is 98.8 Å². The molecule has 4 aromatic carbocycles. The Hall–Kier alpha value is -7.24. The number of hydrogen-bond donors (Lipinski definition) is 4. The van der Waals surface area contributed by atoms with Crippen molar-refractivity contribution in [3.8, 4) is 46.4 Å². The summed E-state index contributed by atoms with van der Waals surface area (Å²) in [5, 5.41) is 28.2. The molecule has 0 bridgehead atoms. The molecule has 0 aliphatic carbocycles. The van der Waals surface area contributed by atoms with Crippen LogP contribution in [0, 0.1) is 12.3 Å². The molecule has 386 valence electrons. The monoisotopic (exact) mass is 1150 g/mol. The largest absolute Gasteiger partial charge is 0.396 e. The summed E-state index contributed by atoms with van der Waals surface area (Å²) < 4.78 is 4.86. The molecule has 4 N–H and O–H groups in total. The van der Waals surface area contributed by atoms with Crippen LogP contribution in [-0.2, 0) is 32.4 Å². The van der Waals surface area contributed by atoms with Gasteiger partial charge in [-0.25, -0.2) is 34.2 Å². The van der Waals surface area contributed by atoms with E-state index in [-0.39, 0.29) is 53.4 Å². The fourth-order valence-electron chi connectivity index (χ4n) is 7.44. The summed E-state index contributed by atoms with van der Waals surface area (Å²) >= 11 is 5.87. The zero-order valence-corrected chi connectivity index (χ0v) is 41.8. The fraction of sp³-hybridized carbons (Fsp3) is 0.283. The average Bonchev–Trinajstić information content (AvgIpc) is 4.08. The zero-order valence-electron chi connectivity index (χ0n) is 38.7. The number of rotatable bonds is 13. The van der Waals surface area contributed by atoms with Gasteiger partial charge in [-0.3, -0.25) is 9.13 Å². The van der Waals surface area contributed by atoms with Gasteiger partial charge in [0, 0.05) is 40.3 Å². The number of nitrogens with zero attached hydrogens (tertiary/aromatic N) is 12. The minimum atomic E-state index is -0.227. The molecule has 0 atom stereocenters. The van der Waals surface area contributed by atoms with E-state index >= 15 is 0 Å². The van der Waals surface area contributed by atoms with Crippen LogP contribution in [0.5, 0.6) is 0 Å².